The topological polar surface area (TPSA) is 51.0 Å². The van der Waals surface area contributed by atoms with Crippen LogP contribution in [0, 0.1) is 13.8 Å². The van der Waals surface area contributed by atoms with Gasteiger partial charge in [0.1, 0.15) is 5.69 Å². The second-order valence-electron chi connectivity index (χ2n) is 4.92. The molecule has 1 atom stereocenters. The third-order valence-corrected chi connectivity index (χ3v) is 4.71. The molecule has 0 aliphatic rings. The van der Waals surface area contributed by atoms with Crippen LogP contribution in [0.3, 0.4) is 0 Å². The Morgan fingerprint density at radius 3 is 2.71 bits per heavy atom. The molecule has 7 heteroatoms. The Balaban J connectivity index is 2.30. The van der Waals surface area contributed by atoms with Crippen LogP contribution in [-0.2, 0) is 6.54 Å². The molecule has 0 aliphatic heterocycles. The molecule has 1 amide bonds. The van der Waals surface area contributed by atoms with Gasteiger partial charge in [-0.25, -0.2) is 4.98 Å². The van der Waals surface area contributed by atoms with Crippen molar-refractivity contribution in [3.05, 3.63) is 32.5 Å². The van der Waals surface area contributed by atoms with Gasteiger partial charge >= 0.3 is 0 Å². The second kappa shape index (κ2) is 6.15. The van der Waals surface area contributed by atoms with Crippen LogP contribution in [0.25, 0.3) is 0 Å². The molecule has 5 nitrogen and oxygen atoms in total. The molecule has 2 aromatic rings. The van der Waals surface area contributed by atoms with Crippen molar-refractivity contribution in [1.82, 2.24) is 19.7 Å². The maximum absolute atomic E-state index is 12.7. The Hall–Kier alpha value is -1.40. The van der Waals surface area contributed by atoms with Gasteiger partial charge < -0.3 is 4.90 Å². The van der Waals surface area contributed by atoms with Crippen LogP contribution >= 0.6 is 22.9 Å². The SMILES string of the molecule is CCn1ncc(Cl)c1C(=O)N(C)[C@H](C)c1nc(C)sc1C. The number of nitrogens with zero attached hydrogens (tertiary/aromatic N) is 4. The Morgan fingerprint density at radius 2 is 2.19 bits per heavy atom. The number of amides is 1. The number of carbonyl (C=O) groups is 1. The minimum absolute atomic E-state index is 0.112. The molecule has 2 rings (SSSR count). The fourth-order valence-electron chi connectivity index (χ4n) is 2.27. The van der Waals surface area contributed by atoms with Crippen molar-refractivity contribution in [3.63, 3.8) is 0 Å². The normalized spacial score (nSPS) is 12.5. The minimum Gasteiger partial charge on any atom is -0.332 e. The van der Waals surface area contributed by atoms with Gasteiger partial charge in [0, 0.05) is 18.5 Å². The van der Waals surface area contributed by atoms with E-state index in [1.54, 1.807) is 28.0 Å². The predicted octanol–water partition coefficient (Wildman–Crippen LogP) is 3.46. The second-order valence-corrected chi connectivity index (χ2v) is 6.74. The molecule has 0 aliphatic carbocycles. The number of rotatable bonds is 4. The standard InChI is InChI=1S/C14H19ClN4OS/c1-6-19-13(11(15)7-16-19)14(20)18(5)8(2)12-9(3)21-10(4)17-12/h7-8H,6H2,1-5H3/t8-/m1/s1. The van der Waals surface area contributed by atoms with E-state index < -0.39 is 0 Å². The summed E-state index contributed by atoms with van der Waals surface area (Å²) in [5, 5.41) is 5.50. The number of thiazole rings is 1. The number of hydrogen-bond acceptors (Lipinski definition) is 4. The largest absolute Gasteiger partial charge is 0.332 e. The Morgan fingerprint density at radius 1 is 1.52 bits per heavy atom. The van der Waals surface area contributed by atoms with Gasteiger partial charge in [0.2, 0.25) is 0 Å². The van der Waals surface area contributed by atoms with Crippen molar-refractivity contribution in [2.75, 3.05) is 7.05 Å². The average molecular weight is 327 g/mol. The van der Waals surface area contributed by atoms with E-state index in [1.165, 1.54) is 6.20 Å². The molecule has 0 aromatic carbocycles. The zero-order valence-electron chi connectivity index (χ0n) is 12.8. The molecule has 0 bridgehead atoms. The molecule has 0 spiro atoms. The van der Waals surface area contributed by atoms with E-state index in [4.69, 9.17) is 11.6 Å². The van der Waals surface area contributed by atoms with Crippen molar-refractivity contribution >= 4 is 28.8 Å². The highest BCUT2D eigenvalue weighted by atomic mass is 35.5. The summed E-state index contributed by atoms with van der Waals surface area (Å²) in [5.74, 6) is -0.142. The van der Waals surface area contributed by atoms with Crippen LogP contribution in [0.1, 0.15) is 46.0 Å². The molecule has 0 saturated carbocycles. The molecular weight excluding hydrogens is 308 g/mol. The van der Waals surface area contributed by atoms with E-state index >= 15 is 0 Å². The Kier molecular flexibility index (Phi) is 4.68. The van der Waals surface area contributed by atoms with Crippen molar-refractivity contribution in [3.8, 4) is 0 Å². The monoisotopic (exact) mass is 326 g/mol. The van der Waals surface area contributed by atoms with Gasteiger partial charge in [-0.15, -0.1) is 11.3 Å². The van der Waals surface area contributed by atoms with E-state index in [0.717, 1.165) is 15.6 Å². The number of hydrogen-bond donors (Lipinski definition) is 0. The molecule has 114 valence electrons. The molecule has 0 radical (unpaired) electrons. The average Bonchev–Trinajstić information content (AvgIpc) is 2.98. The summed E-state index contributed by atoms with van der Waals surface area (Å²) in [6.07, 6.45) is 1.51. The highest BCUT2D eigenvalue weighted by Gasteiger charge is 2.26. The third kappa shape index (κ3) is 2.96. The smallest absolute Gasteiger partial charge is 0.273 e. The predicted molar refractivity (Wildman–Crippen MR) is 85.0 cm³/mol. The van der Waals surface area contributed by atoms with Crippen molar-refractivity contribution in [2.24, 2.45) is 0 Å². The van der Waals surface area contributed by atoms with E-state index in [0.29, 0.717) is 17.3 Å². The first kappa shape index (κ1) is 16.0. The van der Waals surface area contributed by atoms with Gasteiger partial charge in [0.25, 0.3) is 5.91 Å². The summed E-state index contributed by atoms with van der Waals surface area (Å²) >= 11 is 7.75. The van der Waals surface area contributed by atoms with Gasteiger partial charge in [-0.1, -0.05) is 11.6 Å². The van der Waals surface area contributed by atoms with E-state index in [1.807, 2.05) is 27.7 Å². The van der Waals surface area contributed by atoms with Crippen LogP contribution in [-0.4, -0.2) is 32.6 Å². The first-order valence-electron chi connectivity index (χ1n) is 6.79. The number of aryl methyl sites for hydroxylation is 3. The molecule has 2 heterocycles. The van der Waals surface area contributed by atoms with E-state index in [2.05, 4.69) is 10.1 Å². The number of aromatic nitrogens is 3. The lowest BCUT2D eigenvalue weighted by molar-refractivity contribution is 0.0727. The molecule has 2 aromatic heterocycles. The van der Waals surface area contributed by atoms with E-state index in [-0.39, 0.29) is 11.9 Å². The molecule has 0 unspecified atom stereocenters. The first-order chi connectivity index (χ1) is 9.86. The van der Waals surface area contributed by atoms with Crippen molar-refractivity contribution < 1.29 is 4.79 Å². The Bertz CT molecular complexity index is 664. The van der Waals surface area contributed by atoms with Gasteiger partial charge in [-0.05, 0) is 27.7 Å². The fourth-order valence-corrected chi connectivity index (χ4v) is 3.40. The molecular formula is C14H19ClN4OS. The highest BCUT2D eigenvalue weighted by Crippen LogP contribution is 2.28. The Labute approximate surface area is 133 Å². The summed E-state index contributed by atoms with van der Waals surface area (Å²) in [6.45, 7) is 8.50. The summed E-state index contributed by atoms with van der Waals surface area (Å²) in [7, 11) is 1.77. The lowest BCUT2D eigenvalue weighted by atomic mass is 10.2. The molecule has 21 heavy (non-hydrogen) atoms. The summed E-state index contributed by atoms with van der Waals surface area (Å²) < 4.78 is 1.62. The van der Waals surface area contributed by atoms with E-state index in [9.17, 15) is 4.79 Å². The highest BCUT2D eigenvalue weighted by molar-refractivity contribution is 7.11. The van der Waals surface area contributed by atoms with Crippen LogP contribution in [0.15, 0.2) is 6.20 Å². The third-order valence-electron chi connectivity index (χ3n) is 3.53. The quantitative estimate of drug-likeness (QED) is 0.864. The molecule has 0 N–H and O–H groups in total. The minimum atomic E-state index is -0.142. The number of halogens is 1. The maximum atomic E-state index is 12.7. The van der Waals surface area contributed by atoms with Crippen LogP contribution in [0.2, 0.25) is 5.02 Å². The zero-order chi connectivity index (χ0) is 15.7. The molecule has 0 saturated heterocycles. The van der Waals surface area contributed by atoms with Crippen LogP contribution in [0.5, 0.6) is 0 Å². The van der Waals surface area contributed by atoms with Gasteiger partial charge in [0.15, 0.2) is 0 Å². The van der Waals surface area contributed by atoms with Crippen molar-refractivity contribution in [2.45, 2.75) is 40.3 Å². The summed E-state index contributed by atoms with van der Waals surface area (Å²) in [4.78, 5) is 20.0. The van der Waals surface area contributed by atoms with Crippen molar-refractivity contribution in [1.29, 1.82) is 0 Å². The summed E-state index contributed by atoms with van der Waals surface area (Å²) in [5.41, 5.74) is 1.37. The fraction of sp³-hybridized carbons (Fsp3) is 0.500. The van der Waals surface area contributed by atoms with Gasteiger partial charge in [-0.3, -0.25) is 9.48 Å². The number of carbonyl (C=O) groups excluding carboxylic acids is 1. The zero-order valence-corrected chi connectivity index (χ0v) is 14.4. The van der Waals surface area contributed by atoms with Crippen LogP contribution < -0.4 is 0 Å². The lowest BCUT2D eigenvalue weighted by Crippen LogP contribution is -2.32. The lowest BCUT2D eigenvalue weighted by Gasteiger charge is -2.24. The first-order valence-corrected chi connectivity index (χ1v) is 7.98. The van der Waals surface area contributed by atoms with Gasteiger partial charge in [-0.2, -0.15) is 5.10 Å². The van der Waals surface area contributed by atoms with Gasteiger partial charge in [0.05, 0.1) is 28.0 Å². The maximum Gasteiger partial charge on any atom is 0.273 e. The molecule has 0 fully saturated rings. The summed E-state index contributed by atoms with van der Waals surface area (Å²) in [6, 6.07) is -0.112. The van der Waals surface area contributed by atoms with Crippen LogP contribution in [0.4, 0.5) is 0 Å².